The number of amides is 2. The van der Waals surface area contributed by atoms with E-state index < -0.39 is 0 Å². The van der Waals surface area contributed by atoms with Gasteiger partial charge in [-0.2, -0.15) is 0 Å². The van der Waals surface area contributed by atoms with Crippen LogP contribution < -0.4 is 10.1 Å². The summed E-state index contributed by atoms with van der Waals surface area (Å²) in [5.74, 6) is 0.181. The Balaban J connectivity index is 1.70. The van der Waals surface area contributed by atoms with E-state index in [2.05, 4.69) is 5.32 Å². The molecule has 0 saturated heterocycles. The average Bonchev–Trinajstić information content (AvgIpc) is 2.98. The van der Waals surface area contributed by atoms with Gasteiger partial charge in [0.25, 0.3) is 5.91 Å². The SMILES string of the molecule is COc1cccc(NC(=O)CN(C)C(=O)c2cc3ccccc3n2C)c1. The van der Waals surface area contributed by atoms with E-state index in [1.165, 1.54) is 4.90 Å². The van der Waals surface area contributed by atoms with E-state index in [-0.39, 0.29) is 18.4 Å². The van der Waals surface area contributed by atoms with E-state index in [1.54, 1.807) is 38.4 Å². The van der Waals surface area contributed by atoms with E-state index >= 15 is 0 Å². The summed E-state index contributed by atoms with van der Waals surface area (Å²) in [5, 5.41) is 3.77. The molecule has 0 aliphatic rings. The molecule has 0 aliphatic carbocycles. The van der Waals surface area contributed by atoms with Gasteiger partial charge in [-0.1, -0.05) is 24.3 Å². The second kappa shape index (κ2) is 7.31. The quantitative estimate of drug-likeness (QED) is 0.769. The highest BCUT2D eigenvalue weighted by molar-refractivity contribution is 6.01. The molecule has 2 aromatic carbocycles. The summed E-state index contributed by atoms with van der Waals surface area (Å²) >= 11 is 0. The maximum Gasteiger partial charge on any atom is 0.270 e. The first-order chi connectivity index (χ1) is 12.5. The first kappa shape index (κ1) is 17.5. The number of carbonyl (C=O) groups is 2. The second-order valence-corrected chi connectivity index (χ2v) is 6.09. The third kappa shape index (κ3) is 3.54. The topological polar surface area (TPSA) is 63.6 Å². The molecule has 0 spiro atoms. The number of nitrogens with zero attached hydrogens (tertiary/aromatic N) is 2. The lowest BCUT2D eigenvalue weighted by atomic mass is 10.2. The largest absolute Gasteiger partial charge is 0.497 e. The highest BCUT2D eigenvalue weighted by Crippen LogP contribution is 2.20. The third-order valence-corrected chi connectivity index (χ3v) is 4.25. The van der Waals surface area contributed by atoms with Crippen molar-refractivity contribution in [2.75, 3.05) is 26.0 Å². The van der Waals surface area contributed by atoms with E-state index in [0.29, 0.717) is 17.1 Å². The lowest BCUT2D eigenvalue weighted by molar-refractivity contribution is -0.116. The number of rotatable bonds is 5. The van der Waals surface area contributed by atoms with Crippen molar-refractivity contribution < 1.29 is 14.3 Å². The molecule has 0 saturated carbocycles. The number of hydrogen-bond acceptors (Lipinski definition) is 3. The number of benzene rings is 2. The van der Waals surface area contributed by atoms with Crippen LogP contribution in [-0.4, -0.2) is 42.0 Å². The van der Waals surface area contributed by atoms with Gasteiger partial charge in [-0.25, -0.2) is 0 Å². The summed E-state index contributed by atoms with van der Waals surface area (Å²) < 4.78 is 6.98. The Morgan fingerprint density at radius 1 is 1.12 bits per heavy atom. The summed E-state index contributed by atoms with van der Waals surface area (Å²) in [6, 6.07) is 16.7. The van der Waals surface area contributed by atoms with Crippen LogP contribution in [0.25, 0.3) is 10.9 Å². The zero-order chi connectivity index (χ0) is 18.7. The third-order valence-electron chi connectivity index (χ3n) is 4.25. The normalized spacial score (nSPS) is 10.6. The summed E-state index contributed by atoms with van der Waals surface area (Å²) in [5.41, 5.74) is 2.15. The molecule has 1 aromatic heterocycles. The maximum absolute atomic E-state index is 12.7. The molecule has 3 rings (SSSR count). The number of ether oxygens (including phenoxy) is 1. The van der Waals surface area contributed by atoms with Gasteiger partial charge in [0.2, 0.25) is 5.91 Å². The number of hydrogen-bond donors (Lipinski definition) is 1. The minimum atomic E-state index is -0.270. The number of aryl methyl sites for hydroxylation is 1. The van der Waals surface area contributed by atoms with Crippen molar-refractivity contribution in [3.63, 3.8) is 0 Å². The van der Waals surface area contributed by atoms with Crippen molar-refractivity contribution in [3.05, 3.63) is 60.3 Å². The molecular formula is C20H21N3O3. The van der Waals surface area contributed by atoms with Crippen LogP contribution in [0.15, 0.2) is 54.6 Å². The fourth-order valence-electron chi connectivity index (χ4n) is 2.88. The lowest BCUT2D eigenvalue weighted by Gasteiger charge is -2.17. The van der Waals surface area contributed by atoms with Gasteiger partial charge in [0.05, 0.1) is 13.7 Å². The molecule has 0 atom stereocenters. The maximum atomic E-state index is 12.7. The number of para-hydroxylation sites is 1. The number of methoxy groups -OCH3 is 1. The molecule has 0 fully saturated rings. The smallest absolute Gasteiger partial charge is 0.270 e. The molecule has 1 heterocycles. The molecule has 0 aliphatic heterocycles. The number of nitrogens with one attached hydrogen (secondary N) is 1. The minimum Gasteiger partial charge on any atom is -0.497 e. The van der Waals surface area contributed by atoms with Gasteiger partial charge in [-0.05, 0) is 24.3 Å². The summed E-state index contributed by atoms with van der Waals surface area (Å²) in [6.07, 6.45) is 0. The molecule has 0 unspecified atom stereocenters. The number of anilines is 1. The van der Waals surface area contributed by atoms with Crippen LogP contribution in [0.2, 0.25) is 0 Å². The molecule has 3 aromatic rings. The highest BCUT2D eigenvalue weighted by Gasteiger charge is 2.19. The average molecular weight is 351 g/mol. The van der Waals surface area contributed by atoms with E-state index in [0.717, 1.165) is 10.9 Å². The van der Waals surface area contributed by atoms with Gasteiger partial charge >= 0.3 is 0 Å². The zero-order valence-corrected chi connectivity index (χ0v) is 15.0. The fraction of sp³-hybridized carbons (Fsp3) is 0.200. The second-order valence-electron chi connectivity index (χ2n) is 6.09. The fourth-order valence-corrected chi connectivity index (χ4v) is 2.88. The summed E-state index contributed by atoms with van der Waals surface area (Å²) in [4.78, 5) is 26.4. The van der Waals surface area contributed by atoms with Crippen LogP contribution in [0.1, 0.15) is 10.5 Å². The molecule has 0 bridgehead atoms. The Labute approximate surface area is 152 Å². The van der Waals surface area contributed by atoms with Gasteiger partial charge in [0, 0.05) is 36.8 Å². The van der Waals surface area contributed by atoms with Gasteiger partial charge in [-0.15, -0.1) is 0 Å². The van der Waals surface area contributed by atoms with Crippen molar-refractivity contribution in [1.29, 1.82) is 0 Å². The van der Waals surface area contributed by atoms with Crippen LogP contribution in [0, 0.1) is 0 Å². The van der Waals surface area contributed by atoms with E-state index in [4.69, 9.17) is 4.74 Å². The lowest BCUT2D eigenvalue weighted by Crippen LogP contribution is -2.35. The van der Waals surface area contributed by atoms with Gasteiger partial charge in [-0.3, -0.25) is 9.59 Å². The van der Waals surface area contributed by atoms with Gasteiger partial charge in [0.1, 0.15) is 11.4 Å². The Morgan fingerprint density at radius 2 is 1.88 bits per heavy atom. The number of likely N-dealkylation sites (N-methyl/N-ethyl adjacent to an activating group) is 1. The van der Waals surface area contributed by atoms with Crippen molar-refractivity contribution in [1.82, 2.24) is 9.47 Å². The van der Waals surface area contributed by atoms with Crippen LogP contribution in [0.3, 0.4) is 0 Å². The van der Waals surface area contributed by atoms with Crippen molar-refractivity contribution >= 4 is 28.4 Å². The van der Waals surface area contributed by atoms with Crippen LogP contribution in [0.4, 0.5) is 5.69 Å². The number of aromatic nitrogens is 1. The molecular weight excluding hydrogens is 330 g/mol. The Kier molecular flexibility index (Phi) is 4.93. The molecule has 1 N–H and O–H groups in total. The molecule has 6 nitrogen and oxygen atoms in total. The van der Waals surface area contributed by atoms with Crippen LogP contribution in [-0.2, 0) is 11.8 Å². The Bertz CT molecular complexity index is 962. The summed E-state index contributed by atoms with van der Waals surface area (Å²) in [7, 11) is 5.03. The minimum absolute atomic E-state index is 0.0441. The monoisotopic (exact) mass is 351 g/mol. The molecule has 2 amide bonds. The Morgan fingerprint density at radius 3 is 2.62 bits per heavy atom. The zero-order valence-electron chi connectivity index (χ0n) is 15.0. The summed E-state index contributed by atoms with van der Waals surface area (Å²) in [6.45, 7) is -0.0441. The van der Waals surface area contributed by atoms with Crippen LogP contribution >= 0.6 is 0 Å². The van der Waals surface area contributed by atoms with E-state index in [9.17, 15) is 9.59 Å². The standard InChI is InChI=1S/C20H21N3O3/c1-22(13-19(24)21-15-8-6-9-16(12-15)26-3)20(25)18-11-14-7-4-5-10-17(14)23(18)2/h4-12H,13H2,1-3H3,(H,21,24). The van der Waals surface area contributed by atoms with Crippen molar-refractivity contribution in [2.45, 2.75) is 0 Å². The molecule has 134 valence electrons. The van der Waals surface area contributed by atoms with Crippen molar-refractivity contribution in [2.24, 2.45) is 7.05 Å². The Hall–Kier alpha value is -3.28. The van der Waals surface area contributed by atoms with E-state index in [1.807, 2.05) is 41.9 Å². The predicted molar refractivity (Wildman–Crippen MR) is 102 cm³/mol. The highest BCUT2D eigenvalue weighted by atomic mass is 16.5. The number of fused-ring (bicyclic) bond motifs is 1. The van der Waals surface area contributed by atoms with Crippen molar-refractivity contribution in [3.8, 4) is 5.75 Å². The van der Waals surface area contributed by atoms with Crippen LogP contribution in [0.5, 0.6) is 5.75 Å². The molecule has 26 heavy (non-hydrogen) atoms. The molecule has 0 radical (unpaired) electrons. The predicted octanol–water partition coefficient (Wildman–Crippen LogP) is 2.90. The number of carbonyl (C=O) groups excluding carboxylic acids is 2. The first-order valence-electron chi connectivity index (χ1n) is 8.23. The first-order valence-corrected chi connectivity index (χ1v) is 8.23. The van der Waals surface area contributed by atoms with Gasteiger partial charge < -0.3 is 19.5 Å². The molecule has 6 heteroatoms. The van der Waals surface area contributed by atoms with Gasteiger partial charge in [0.15, 0.2) is 0 Å².